The van der Waals surface area contributed by atoms with E-state index in [0.717, 1.165) is 32.5 Å². The molecule has 0 bridgehead atoms. The average Bonchev–Trinajstić information content (AvgIpc) is 2.06. The molecule has 2 heteroatoms. The van der Waals surface area contributed by atoms with Crippen LogP contribution in [0.2, 0.25) is 0 Å². The maximum atomic E-state index is 5.67. The van der Waals surface area contributed by atoms with Gasteiger partial charge in [-0.2, -0.15) is 0 Å². The zero-order chi connectivity index (χ0) is 7.45. The number of nitrogens with zero attached hydrogens (tertiary/aromatic N) is 1. The van der Waals surface area contributed by atoms with E-state index in [9.17, 15) is 0 Å². The van der Waals surface area contributed by atoms with E-state index in [1.54, 1.807) is 0 Å². The maximum Gasteiger partial charge on any atom is 0.0818 e. The Morgan fingerprint density at radius 3 is 2.40 bits per heavy atom. The molecule has 2 nitrogen and oxygen atoms in total. The summed E-state index contributed by atoms with van der Waals surface area (Å²) in [4.78, 5) is 0. The van der Waals surface area contributed by atoms with Gasteiger partial charge in [0.05, 0.1) is 12.2 Å². The monoisotopic (exact) mass is 142 g/mol. The molecular formula is C8H16NO. The summed E-state index contributed by atoms with van der Waals surface area (Å²) in [5.74, 6) is 0. The van der Waals surface area contributed by atoms with Gasteiger partial charge in [0.1, 0.15) is 0 Å². The topological polar surface area (TPSA) is 23.3 Å². The minimum Gasteiger partial charge on any atom is -0.372 e. The highest BCUT2D eigenvalue weighted by Gasteiger charge is 2.29. The SMILES string of the molecule is CCC1(CC)C[N]CCO1. The third-order valence-electron chi connectivity index (χ3n) is 2.35. The van der Waals surface area contributed by atoms with Gasteiger partial charge in [0.15, 0.2) is 0 Å². The van der Waals surface area contributed by atoms with Crippen LogP contribution in [0.5, 0.6) is 0 Å². The van der Waals surface area contributed by atoms with E-state index < -0.39 is 0 Å². The van der Waals surface area contributed by atoms with Gasteiger partial charge in [0.25, 0.3) is 0 Å². The third kappa shape index (κ3) is 1.50. The molecule has 1 saturated heterocycles. The third-order valence-corrected chi connectivity index (χ3v) is 2.35. The van der Waals surface area contributed by atoms with Gasteiger partial charge in [0.2, 0.25) is 0 Å². The Labute approximate surface area is 63.0 Å². The molecule has 1 aliphatic rings. The highest BCUT2D eigenvalue weighted by Crippen LogP contribution is 2.21. The highest BCUT2D eigenvalue weighted by atomic mass is 16.5. The van der Waals surface area contributed by atoms with E-state index in [0.29, 0.717) is 0 Å². The normalized spacial score (nSPS) is 24.6. The second kappa shape index (κ2) is 3.35. The average molecular weight is 142 g/mol. The summed E-state index contributed by atoms with van der Waals surface area (Å²) in [6, 6.07) is 0. The molecule has 0 unspecified atom stereocenters. The Morgan fingerprint density at radius 2 is 2.10 bits per heavy atom. The van der Waals surface area contributed by atoms with Crippen LogP contribution in [0.3, 0.4) is 0 Å². The van der Waals surface area contributed by atoms with Crippen molar-refractivity contribution in [2.45, 2.75) is 32.3 Å². The van der Waals surface area contributed by atoms with Gasteiger partial charge in [-0.1, -0.05) is 13.8 Å². The zero-order valence-electron chi connectivity index (χ0n) is 6.89. The van der Waals surface area contributed by atoms with Gasteiger partial charge in [0, 0.05) is 13.1 Å². The van der Waals surface area contributed by atoms with E-state index in [1.165, 1.54) is 0 Å². The Morgan fingerprint density at radius 1 is 1.40 bits per heavy atom. The van der Waals surface area contributed by atoms with Crippen LogP contribution in [0.25, 0.3) is 0 Å². The van der Waals surface area contributed by atoms with Crippen LogP contribution in [0.4, 0.5) is 0 Å². The molecule has 0 saturated carbocycles. The largest absolute Gasteiger partial charge is 0.372 e. The first-order valence-electron chi connectivity index (χ1n) is 4.10. The van der Waals surface area contributed by atoms with Gasteiger partial charge >= 0.3 is 0 Å². The first-order chi connectivity index (χ1) is 4.83. The molecule has 1 aliphatic heterocycles. The summed E-state index contributed by atoms with van der Waals surface area (Å²) in [6.45, 7) is 6.96. The first kappa shape index (κ1) is 8.02. The van der Waals surface area contributed by atoms with Crippen LogP contribution >= 0.6 is 0 Å². The van der Waals surface area contributed by atoms with Crippen molar-refractivity contribution in [2.24, 2.45) is 0 Å². The van der Waals surface area contributed by atoms with Gasteiger partial charge in [-0.05, 0) is 12.8 Å². The predicted molar refractivity (Wildman–Crippen MR) is 41.1 cm³/mol. The molecule has 0 N–H and O–H groups in total. The Balaban J connectivity index is 2.44. The van der Waals surface area contributed by atoms with Gasteiger partial charge < -0.3 is 4.74 Å². The molecule has 0 amide bonds. The molecule has 10 heavy (non-hydrogen) atoms. The predicted octanol–water partition coefficient (Wildman–Crippen LogP) is 1.18. The second-order valence-corrected chi connectivity index (χ2v) is 2.84. The first-order valence-corrected chi connectivity index (χ1v) is 4.10. The lowest BCUT2D eigenvalue weighted by Crippen LogP contribution is -2.45. The summed E-state index contributed by atoms with van der Waals surface area (Å²) >= 11 is 0. The summed E-state index contributed by atoms with van der Waals surface area (Å²) in [6.07, 6.45) is 2.18. The minimum absolute atomic E-state index is 0.0955. The minimum atomic E-state index is 0.0955. The van der Waals surface area contributed by atoms with Crippen molar-refractivity contribution in [3.05, 3.63) is 0 Å². The second-order valence-electron chi connectivity index (χ2n) is 2.84. The van der Waals surface area contributed by atoms with Gasteiger partial charge in [-0.15, -0.1) is 0 Å². The fourth-order valence-electron chi connectivity index (χ4n) is 1.33. The van der Waals surface area contributed by atoms with E-state index in [2.05, 4.69) is 19.2 Å². The fourth-order valence-corrected chi connectivity index (χ4v) is 1.33. The van der Waals surface area contributed by atoms with E-state index in [1.807, 2.05) is 0 Å². The lowest BCUT2D eigenvalue weighted by Gasteiger charge is -2.35. The molecule has 59 valence electrons. The molecule has 1 radical (unpaired) electrons. The molecule has 1 rings (SSSR count). The summed E-state index contributed by atoms with van der Waals surface area (Å²) in [7, 11) is 0. The molecule has 0 aromatic rings. The van der Waals surface area contributed by atoms with E-state index >= 15 is 0 Å². The number of hydrogen-bond donors (Lipinski definition) is 0. The zero-order valence-corrected chi connectivity index (χ0v) is 6.89. The van der Waals surface area contributed by atoms with E-state index in [4.69, 9.17) is 4.74 Å². The molecule has 0 atom stereocenters. The quantitative estimate of drug-likeness (QED) is 0.568. The van der Waals surface area contributed by atoms with Crippen LogP contribution in [-0.4, -0.2) is 25.3 Å². The van der Waals surface area contributed by atoms with Gasteiger partial charge in [-0.25, -0.2) is 5.32 Å². The summed E-state index contributed by atoms with van der Waals surface area (Å²) in [5.41, 5.74) is 0.0955. The molecule has 0 aliphatic carbocycles. The van der Waals surface area contributed by atoms with Crippen molar-refractivity contribution in [1.29, 1.82) is 0 Å². The van der Waals surface area contributed by atoms with Crippen LogP contribution in [0.1, 0.15) is 26.7 Å². The van der Waals surface area contributed by atoms with Crippen molar-refractivity contribution in [3.63, 3.8) is 0 Å². The number of ether oxygens (including phenoxy) is 1. The number of morpholine rings is 1. The van der Waals surface area contributed by atoms with Crippen molar-refractivity contribution in [3.8, 4) is 0 Å². The molecule has 1 heterocycles. The number of hydrogen-bond acceptors (Lipinski definition) is 1. The Kier molecular flexibility index (Phi) is 2.69. The molecule has 0 aromatic carbocycles. The Bertz CT molecular complexity index is 91.4. The Hall–Kier alpha value is -0.0800. The fraction of sp³-hybridized carbons (Fsp3) is 1.00. The molecular weight excluding hydrogens is 126 g/mol. The summed E-state index contributed by atoms with van der Waals surface area (Å²) in [5, 5.41) is 4.35. The highest BCUT2D eigenvalue weighted by molar-refractivity contribution is 4.82. The standard InChI is InChI=1S/C8H16NO/c1-3-8(4-2)7-9-5-6-10-8/h3-7H2,1-2H3. The lowest BCUT2D eigenvalue weighted by molar-refractivity contribution is -0.0717. The van der Waals surface area contributed by atoms with Crippen LogP contribution in [0.15, 0.2) is 0 Å². The molecule has 0 aromatic heterocycles. The summed E-state index contributed by atoms with van der Waals surface area (Å²) < 4.78 is 5.67. The molecule has 1 fully saturated rings. The van der Waals surface area contributed by atoms with Crippen LogP contribution in [0, 0.1) is 0 Å². The van der Waals surface area contributed by atoms with E-state index in [-0.39, 0.29) is 5.60 Å². The lowest BCUT2D eigenvalue weighted by atomic mass is 9.96. The van der Waals surface area contributed by atoms with Gasteiger partial charge in [-0.3, -0.25) is 0 Å². The van der Waals surface area contributed by atoms with Crippen molar-refractivity contribution < 1.29 is 4.74 Å². The van der Waals surface area contributed by atoms with Crippen molar-refractivity contribution >= 4 is 0 Å². The smallest absolute Gasteiger partial charge is 0.0818 e. The van der Waals surface area contributed by atoms with Crippen molar-refractivity contribution in [1.82, 2.24) is 5.32 Å². The van der Waals surface area contributed by atoms with Crippen molar-refractivity contribution in [2.75, 3.05) is 19.7 Å². The number of rotatable bonds is 2. The maximum absolute atomic E-state index is 5.67. The van der Waals surface area contributed by atoms with Crippen LogP contribution in [-0.2, 0) is 4.74 Å². The molecule has 0 spiro atoms. The van der Waals surface area contributed by atoms with Crippen LogP contribution < -0.4 is 5.32 Å².